The number of amides is 2. The molecule has 1 heterocycles. The van der Waals surface area contributed by atoms with E-state index in [1.165, 1.54) is 12.1 Å². The van der Waals surface area contributed by atoms with Crippen LogP contribution in [0.2, 0.25) is 0 Å². The maximum absolute atomic E-state index is 11.7. The monoisotopic (exact) mass is 278 g/mol. The number of nitrogens with zero attached hydrogens (tertiary/aromatic N) is 3. The summed E-state index contributed by atoms with van der Waals surface area (Å²) < 4.78 is 0. The SMILES string of the molecule is CCNC(=O)N1CCN(c2ccc([N+](=O)[O-])cc2)CC1. The van der Waals surface area contributed by atoms with Gasteiger partial charge in [0.05, 0.1) is 4.92 Å². The molecule has 1 aromatic carbocycles. The zero-order valence-corrected chi connectivity index (χ0v) is 11.4. The molecule has 0 aromatic heterocycles. The Balaban J connectivity index is 1.93. The molecule has 0 saturated carbocycles. The van der Waals surface area contributed by atoms with Gasteiger partial charge in [0.2, 0.25) is 0 Å². The molecule has 2 amide bonds. The molecule has 0 bridgehead atoms. The van der Waals surface area contributed by atoms with Gasteiger partial charge in [-0.3, -0.25) is 10.1 Å². The summed E-state index contributed by atoms with van der Waals surface area (Å²) in [6, 6.07) is 6.48. The second kappa shape index (κ2) is 6.23. The summed E-state index contributed by atoms with van der Waals surface area (Å²) in [6.07, 6.45) is 0. The second-order valence-electron chi connectivity index (χ2n) is 4.58. The van der Waals surface area contributed by atoms with Crippen molar-refractivity contribution in [3.05, 3.63) is 34.4 Å². The highest BCUT2D eigenvalue weighted by molar-refractivity contribution is 5.74. The summed E-state index contributed by atoms with van der Waals surface area (Å²) in [5.74, 6) is 0. The number of nitrogens with one attached hydrogen (secondary N) is 1. The van der Waals surface area contributed by atoms with Gasteiger partial charge in [-0.05, 0) is 19.1 Å². The Hall–Kier alpha value is -2.31. The zero-order valence-electron chi connectivity index (χ0n) is 11.4. The van der Waals surface area contributed by atoms with Gasteiger partial charge in [-0.15, -0.1) is 0 Å². The van der Waals surface area contributed by atoms with Crippen molar-refractivity contribution in [3.63, 3.8) is 0 Å². The summed E-state index contributed by atoms with van der Waals surface area (Å²) in [5, 5.41) is 13.4. The van der Waals surface area contributed by atoms with E-state index < -0.39 is 4.92 Å². The molecule has 1 saturated heterocycles. The summed E-state index contributed by atoms with van der Waals surface area (Å²) in [7, 11) is 0. The first-order valence-corrected chi connectivity index (χ1v) is 6.64. The standard InChI is InChI=1S/C13H18N4O3/c1-2-14-13(18)16-9-7-15(8-10-16)11-3-5-12(6-4-11)17(19)20/h3-6H,2,7-10H2,1H3,(H,14,18). The second-order valence-corrected chi connectivity index (χ2v) is 4.58. The Kier molecular flexibility index (Phi) is 4.39. The van der Waals surface area contributed by atoms with Gasteiger partial charge in [0.15, 0.2) is 0 Å². The number of benzene rings is 1. The van der Waals surface area contributed by atoms with Gasteiger partial charge in [-0.1, -0.05) is 0 Å². The fourth-order valence-electron chi connectivity index (χ4n) is 2.22. The maximum Gasteiger partial charge on any atom is 0.317 e. The van der Waals surface area contributed by atoms with Gasteiger partial charge in [-0.2, -0.15) is 0 Å². The fraction of sp³-hybridized carbons (Fsp3) is 0.462. The van der Waals surface area contributed by atoms with Crippen molar-refractivity contribution in [2.75, 3.05) is 37.6 Å². The quantitative estimate of drug-likeness (QED) is 0.670. The van der Waals surface area contributed by atoms with Crippen LogP contribution >= 0.6 is 0 Å². The van der Waals surface area contributed by atoms with Crippen LogP contribution in [0.15, 0.2) is 24.3 Å². The van der Waals surface area contributed by atoms with E-state index in [0.29, 0.717) is 19.6 Å². The third kappa shape index (κ3) is 3.17. The lowest BCUT2D eigenvalue weighted by Gasteiger charge is -2.36. The minimum atomic E-state index is -0.406. The van der Waals surface area contributed by atoms with E-state index in [2.05, 4.69) is 10.2 Å². The predicted molar refractivity (Wildman–Crippen MR) is 76.0 cm³/mol. The Bertz CT molecular complexity index is 481. The normalized spacial score (nSPS) is 15.1. The molecule has 0 radical (unpaired) electrons. The summed E-state index contributed by atoms with van der Waals surface area (Å²) in [5.41, 5.74) is 1.04. The average molecular weight is 278 g/mol. The number of piperazine rings is 1. The molecule has 7 nitrogen and oxygen atoms in total. The molecule has 0 aliphatic carbocycles. The first-order chi connectivity index (χ1) is 9.61. The van der Waals surface area contributed by atoms with E-state index in [4.69, 9.17) is 0 Å². The first kappa shape index (κ1) is 14.1. The number of non-ortho nitro benzene ring substituents is 1. The maximum atomic E-state index is 11.7. The number of nitro groups is 1. The van der Waals surface area contributed by atoms with Crippen molar-refractivity contribution >= 4 is 17.4 Å². The minimum absolute atomic E-state index is 0.0316. The fourth-order valence-corrected chi connectivity index (χ4v) is 2.22. The van der Waals surface area contributed by atoms with Gasteiger partial charge in [-0.25, -0.2) is 4.79 Å². The van der Waals surface area contributed by atoms with E-state index in [-0.39, 0.29) is 11.7 Å². The molecule has 0 unspecified atom stereocenters. The van der Waals surface area contributed by atoms with Crippen molar-refractivity contribution in [2.45, 2.75) is 6.92 Å². The third-order valence-electron chi connectivity index (χ3n) is 3.32. The Morgan fingerprint density at radius 3 is 2.35 bits per heavy atom. The molecule has 1 aliphatic rings. The molecular weight excluding hydrogens is 260 g/mol. The van der Waals surface area contributed by atoms with Crippen LogP contribution in [0.4, 0.5) is 16.2 Å². The average Bonchev–Trinajstić information content (AvgIpc) is 2.48. The van der Waals surface area contributed by atoms with Crippen molar-refractivity contribution in [1.29, 1.82) is 0 Å². The molecule has 0 atom stereocenters. The largest absolute Gasteiger partial charge is 0.368 e. The Labute approximate surface area is 117 Å². The van der Waals surface area contributed by atoms with Gasteiger partial charge < -0.3 is 15.1 Å². The van der Waals surface area contributed by atoms with Crippen LogP contribution in [-0.4, -0.2) is 48.6 Å². The van der Waals surface area contributed by atoms with Crippen LogP contribution < -0.4 is 10.2 Å². The van der Waals surface area contributed by atoms with Crippen LogP contribution in [0.25, 0.3) is 0 Å². The van der Waals surface area contributed by atoms with E-state index in [1.807, 2.05) is 6.92 Å². The minimum Gasteiger partial charge on any atom is -0.368 e. The van der Waals surface area contributed by atoms with E-state index in [9.17, 15) is 14.9 Å². The van der Waals surface area contributed by atoms with Crippen molar-refractivity contribution in [1.82, 2.24) is 10.2 Å². The van der Waals surface area contributed by atoms with Gasteiger partial charge in [0.25, 0.3) is 5.69 Å². The highest BCUT2D eigenvalue weighted by Gasteiger charge is 2.21. The van der Waals surface area contributed by atoms with Crippen molar-refractivity contribution in [3.8, 4) is 0 Å². The molecule has 2 rings (SSSR count). The molecule has 1 aromatic rings. The molecule has 20 heavy (non-hydrogen) atoms. The molecule has 1 aliphatic heterocycles. The number of anilines is 1. The lowest BCUT2D eigenvalue weighted by atomic mass is 10.2. The number of carbonyl (C=O) groups is 1. The summed E-state index contributed by atoms with van der Waals surface area (Å²) in [6.45, 7) is 5.29. The highest BCUT2D eigenvalue weighted by atomic mass is 16.6. The predicted octanol–water partition coefficient (Wildman–Crippen LogP) is 1.45. The van der Waals surface area contributed by atoms with E-state index in [1.54, 1.807) is 17.0 Å². The third-order valence-corrected chi connectivity index (χ3v) is 3.32. The van der Waals surface area contributed by atoms with E-state index in [0.717, 1.165) is 18.8 Å². The molecule has 1 fully saturated rings. The molecule has 7 heteroatoms. The topological polar surface area (TPSA) is 78.7 Å². The van der Waals surface area contributed by atoms with Crippen LogP contribution in [0, 0.1) is 10.1 Å². The van der Waals surface area contributed by atoms with Gasteiger partial charge >= 0.3 is 6.03 Å². The lowest BCUT2D eigenvalue weighted by molar-refractivity contribution is -0.384. The first-order valence-electron chi connectivity index (χ1n) is 6.64. The van der Waals surface area contributed by atoms with Crippen LogP contribution in [0.5, 0.6) is 0 Å². The smallest absolute Gasteiger partial charge is 0.317 e. The van der Waals surface area contributed by atoms with Crippen LogP contribution in [0.1, 0.15) is 6.92 Å². The molecular formula is C13H18N4O3. The van der Waals surface area contributed by atoms with Crippen LogP contribution in [-0.2, 0) is 0 Å². The van der Waals surface area contributed by atoms with Crippen LogP contribution in [0.3, 0.4) is 0 Å². The number of nitro benzene ring substituents is 1. The van der Waals surface area contributed by atoms with Gasteiger partial charge in [0, 0.05) is 50.5 Å². The highest BCUT2D eigenvalue weighted by Crippen LogP contribution is 2.20. The number of hydrogen-bond acceptors (Lipinski definition) is 4. The summed E-state index contributed by atoms with van der Waals surface area (Å²) in [4.78, 5) is 25.8. The number of carbonyl (C=O) groups excluding carboxylic acids is 1. The molecule has 1 N–H and O–H groups in total. The van der Waals surface area contributed by atoms with Crippen molar-refractivity contribution in [2.24, 2.45) is 0 Å². The van der Waals surface area contributed by atoms with Gasteiger partial charge in [0.1, 0.15) is 0 Å². The summed E-state index contributed by atoms with van der Waals surface area (Å²) >= 11 is 0. The van der Waals surface area contributed by atoms with Crippen molar-refractivity contribution < 1.29 is 9.72 Å². The number of hydrogen-bond donors (Lipinski definition) is 1. The Morgan fingerprint density at radius 2 is 1.85 bits per heavy atom. The molecule has 108 valence electrons. The lowest BCUT2D eigenvalue weighted by Crippen LogP contribution is -2.51. The number of rotatable bonds is 3. The number of urea groups is 1. The zero-order chi connectivity index (χ0) is 14.5. The molecule has 0 spiro atoms. The Morgan fingerprint density at radius 1 is 1.25 bits per heavy atom. The van der Waals surface area contributed by atoms with E-state index >= 15 is 0 Å².